The van der Waals surface area contributed by atoms with Gasteiger partial charge in [-0.25, -0.2) is 9.18 Å². The molecule has 2 aromatic rings. The van der Waals surface area contributed by atoms with Crippen LogP contribution in [0, 0.1) is 12.7 Å². The molecule has 3 rings (SSSR count). The largest absolute Gasteiger partial charge is 0.478 e. The quantitative estimate of drug-likeness (QED) is 0.907. The zero-order chi connectivity index (χ0) is 13.7. The Labute approximate surface area is 114 Å². The van der Waals surface area contributed by atoms with Gasteiger partial charge in [0.1, 0.15) is 5.82 Å². The van der Waals surface area contributed by atoms with Gasteiger partial charge in [0.25, 0.3) is 0 Å². The monoisotopic (exact) mass is 279 g/mol. The van der Waals surface area contributed by atoms with E-state index in [-0.39, 0.29) is 10.6 Å². The molecule has 1 fully saturated rings. The summed E-state index contributed by atoms with van der Waals surface area (Å²) in [5, 5.41) is 9.69. The molecule has 1 N–H and O–H groups in total. The van der Waals surface area contributed by atoms with Crippen LogP contribution < -0.4 is 0 Å². The van der Waals surface area contributed by atoms with Gasteiger partial charge in [-0.3, -0.25) is 4.98 Å². The summed E-state index contributed by atoms with van der Waals surface area (Å²) in [6.45, 7) is 1.75. The molecule has 5 heteroatoms. The van der Waals surface area contributed by atoms with Gasteiger partial charge in [0.05, 0.1) is 16.1 Å². The van der Waals surface area contributed by atoms with E-state index in [2.05, 4.69) is 4.98 Å². The van der Waals surface area contributed by atoms with Crippen LogP contribution in [-0.4, -0.2) is 16.1 Å². The topological polar surface area (TPSA) is 50.2 Å². The third-order valence-electron chi connectivity index (χ3n) is 3.49. The highest BCUT2D eigenvalue weighted by Crippen LogP contribution is 2.42. The van der Waals surface area contributed by atoms with Crippen LogP contribution in [0.4, 0.5) is 4.39 Å². The molecule has 0 bridgehead atoms. The smallest absolute Gasteiger partial charge is 0.336 e. The molecule has 1 aromatic heterocycles. The lowest BCUT2D eigenvalue weighted by atomic mass is 9.99. The summed E-state index contributed by atoms with van der Waals surface area (Å²) in [6, 6.07) is 2.54. The van der Waals surface area contributed by atoms with Crippen molar-refractivity contribution in [3.8, 4) is 0 Å². The summed E-state index contributed by atoms with van der Waals surface area (Å²) in [5.41, 5.74) is 1.96. The van der Waals surface area contributed by atoms with Crippen LogP contribution in [-0.2, 0) is 0 Å². The van der Waals surface area contributed by atoms with E-state index in [4.69, 9.17) is 11.6 Å². The third kappa shape index (κ3) is 1.96. The summed E-state index contributed by atoms with van der Waals surface area (Å²) in [7, 11) is 0. The number of carbonyl (C=O) groups is 1. The van der Waals surface area contributed by atoms with Gasteiger partial charge in [0, 0.05) is 23.1 Å². The van der Waals surface area contributed by atoms with Crippen LogP contribution in [0.15, 0.2) is 12.1 Å². The van der Waals surface area contributed by atoms with Crippen molar-refractivity contribution in [2.24, 2.45) is 0 Å². The van der Waals surface area contributed by atoms with Crippen molar-refractivity contribution in [3.05, 3.63) is 39.8 Å². The number of carboxylic acids is 1. The number of halogens is 2. The van der Waals surface area contributed by atoms with Crippen molar-refractivity contribution in [2.45, 2.75) is 25.7 Å². The van der Waals surface area contributed by atoms with Crippen molar-refractivity contribution in [1.82, 2.24) is 4.98 Å². The van der Waals surface area contributed by atoms with Crippen LogP contribution in [0.3, 0.4) is 0 Å². The second-order valence-electron chi connectivity index (χ2n) is 4.86. The molecule has 98 valence electrons. The van der Waals surface area contributed by atoms with E-state index in [9.17, 15) is 14.3 Å². The number of hydrogen-bond acceptors (Lipinski definition) is 2. The number of fused-ring (bicyclic) bond motifs is 1. The maximum Gasteiger partial charge on any atom is 0.336 e. The first kappa shape index (κ1) is 12.4. The van der Waals surface area contributed by atoms with Crippen LogP contribution in [0.1, 0.15) is 40.4 Å². The van der Waals surface area contributed by atoms with E-state index < -0.39 is 11.8 Å². The predicted molar refractivity (Wildman–Crippen MR) is 70.4 cm³/mol. The average Bonchev–Trinajstić information content (AvgIpc) is 3.14. The Kier molecular flexibility index (Phi) is 2.71. The first-order valence-corrected chi connectivity index (χ1v) is 6.39. The van der Waals surface area contributed by atoms with Gasteiger partial charge in [-0.2, -0.15) is 0 Å². The van der Waals surface area contributed by atoms with Gasteiger partial charge in [0.15, 0.2) is 0 Å². The van der Waals surface area contributed by atoms with E-state index in [1.54, 1.807) is 6.92 Å². The fourth-order valence-electron chi connectivity index (χ4n) is 2.40. The maximum absolute atomic E-state index is 13.5. The zero-order valence-electron chi connectivity index (χ0n) is 10.2. The molecule has 1 aromatic carbocycles. The molecule has 19 heavy (non-hydrogen) atoms. The molecule has 0 atom stereocenters. The molecule has 0 spiro atoms. The molecule has 1 aliphatic carbocycles. The number of carboxylic acid groups (broad SMARTS) is 1. The summed E-state index contributed by atoms with van der Waals surface area (Å²) < 4.78 is 13.5. The number of rotatable bonds is 2. The van der Waals surface area contributed by atoms with Gasteiger partial charge in [-0.1, -0.05) is 11.6 Å². The highest BCUT2D eigenvalue weighted by atomic mass is 35.5. The minimum absolute atomic E-state index is 0.0876. The summed E-state index contributed by atoms with van der Waals surface area (Å²) in [6.07, 6.45) is 2.02. The third-order valence-corrected chi connectivity index (χ3v) is 3.78. The van der Waals surface area contributed by atoms with Crippen molar-refractivity contribution < 1.29 is 14.3 Å². The Balaban J connectivity index is 2.41. The Hall–Kier alpha value is -1.68. The minimum Gasteiger partial charge on any atom is -0.478 e. The van der Waals surface area contributed by atoms with E-state index in [1.165, 1.54) is 12.1 Å². The number of aromatic nitrogens is 1. The van der Waals surface area contributed by atoms with Gasteiger partial charge in [-0.15, -0.1) is 0 Å². The number of aromatic carboxylic acids is 1. The van der Waals surface area contributed by atoms with Gasteiger partial charge < -0.3 is 5.11 Å². The SMILES string of the molecule is Cc1c(C2CC2)nc2cc(F)c(Cl)cc2c1C(=O)O. The lowest BCUT2D eigenvalue weighted by Gasteiger charge is -2.11. The lowest BCUT2D eigenvalue weighted by Crippen LogP contribution is -2.06. The highest BCUT2D eigenvalue weighted by molar-refractivity contribution is 6.31. The second-order valence-corrected chi connectivity index (χ2v) is 5.27. The molecule has 3 nitrogen and oxygen atoms in total. The summed E-state index contributed by atoms with van der Waals surface area (Å²) in [5.74, 6) is -1.31. The van der Waals surface area contributed by atoms with E-state index in [0.717, 1.165) is 18.5 Å². The Morgan fingerprint density at radius 3 is 2.74 bits per heavy atom. The molecule has 0 aliphatic heterocycles. The fraction of sp³-hybridized carbons (Fsp3) is 0.286. The van der Waals surface area contributed by atoms with Crippen molar-refractivity contribution in [2.75, 3.05) is 0 Å². The van der Waals surface area contributed by atoms with Crippen LogP contribution in [0.5, 0.6) is 0 Å². The van der Waals surface area contributed by atoms with Crippen LogP contribution in [0.2, 0.25) is 5.02 Å². The minimum atomic E-state index is -1.03. The summed E-state index contributed by atoms with van der Waals surface area (Å²) in [4.78, 5) is 15.9. The van der Waals surface area contributed by atoms with E-state index in [1.807, 2.05) is 0 Å². The molecule has 0 unspecified atom stereocenters. The lowest BCUT2D eigenvalue weighted by molar-refractivity contribution is 0.0698. The van der Waals surface area contributed by atoms with Gasteiger partial charge in [-0.05, 0) is 31.4 Å². The van der Waals surface area contributed by atoms with Crippen LogP contribution >= 0.6 is 11.6 Å². The number of hydrogen-bond donors (Lipinski definition) is 1. The average molecular weight is 280 g/mol. The number of nitrogens with zero attached hydrogens (tertiary/aromatic N) is 1. The molecule has 0 amide bonds. The predicted octanol–water partition coefficient (Wildman–Crippen LogP) is 3.91. The van der Waals surface area contributed by atoms with Crippen molar-refractivity contribution >= 4 is 28.5 Å². The van der Waals surface area contributed by atoms with Crippen LogP contribution in [0.25, 0.3) is 10.9 Å². The molecular weight excluding hydrogens is 269 g/mol. The number of benzene rings is 1. The standard InChI is InChI=1S/C14H11ClFNO2/c1-6-12(14(18)19)8-4-9(15)10(16)5-11(8)17-13(6)7-2-3-7/h4-5,7H,2-3H2,1H3,(H,18,19). The van der Waals surface area contributed by atoms with Crippen molar-refractivity contribution in [1.29, 1.82) is 0 Å². The first-order valence-electron chi connectivity index (χ1n) is 6.01. The summed E-state index contributed by atoms with van der Waals surface area (Å²) >= 11 is 5.74. The molecule has 1 aliphatic rings. The zero-order valence-corrected chi connectivity index (χ0v) is 11.0. The Morgan fingerprint density at radius 2 is 2.16 bits per heavy atom. The van der Waals surface area contributed by atoms with Crippen molar-refractivity contribution in [3.63, 3.8) is 0 Å². The molecule has 1 heterocycles. The van der Waals surface area contributed by atoms with E-state index in [0.29, 0.717) is 22.4 Å². The molecule has 1 saturated carbocycles. The Bertz CT molecular complexity index is 710. The van der Waals surface area contributed by atoms with Gasteiger partial charge in [0.2, 0.25) is 0 Å². The maximum atomic E-state index is 13.5. The molecule has 0 radical (unpaired) electrons. The fourth-order valence-corrected chi connectivity index (χ4v) is 2.57. The molecular formula is C14H11ClFNO2. The first-order chi connectivity index (χ1) is 8.99. The van der Waals surface area contributed by atoms with E-state index >= 15 is 0 Å². The number of pyridine rings is 1. The Morgan fingerprint density at radius 1 is 1.47 bits per heavy atom. The molecule has 0 saturated heterocycles. The highest BCUT2D eigenvalue weighted by Gasteiger charge is 2.30. The second kappa shape index (κ2) is 4.17. The normalized spacial score (nSPS) is 14.9. The van der Waals surface area contributed by atoms with Gasteiger partial charge >= 0.3 is 5.97 Å².